The Labute approximate surface area is 126 Å². The summed E-state index contributed by atoms with van der Waals surface area (Å²) in [7, 11) is 1.62. The minimum absolute atomic E-state index is 0.243. The highest BCUT2D eigenvalue weighted by atomic mass is 16.5. The highest BCUT2D eigenvalue weighted by Gasteiger charge is 2.28. The lowest BCUT2D eigenvalue weighted by Gasteiger charge is -2.17. The molecule has 0 spiro atoms. The third kappa shape index (κ3) is 3.77. The van der Waals surface area contributed by atoms with Crippen molar-refractivity contribution in [2.75, 3.05) is 20.2 Å². The predicted octanol–water partition coefficient (Wildman–Crippen LogP) is 1.76. The molecule has 1 saturated heterocycles. The Hall–Kier alpha value is -1.99. The van der Waals surface area contributed by atoms with E-state index in [9.17, 15) is 4.79 Å². The molecule has 4 nitrogen and oxygen atoms in total. The maximum Gasteiger partial charge on any atom is 0.223 e. The maximum atomic E-state index is 12.0. The summed E-state index contributed by atoms with van der Waals surface area (Å²) in [4.78, 5) is 13.9. The first kappa shape index (κ1) is 15.4. The fraction of sp³-hybridized carbons (Fsp3) is 0.471. The van der Waals surface area contributed by atoms with Crippen molar-refractivity contribution in [2.45, 2.75) is 26.3 Å². The number of carbonyl (C=O) groups is 1. The van der Waals surface area contributed by atoms with Gasteiger partial charge in [0.1, 0.15) is 5.75 Å². The Kier molecular flexibility index (Phi) is 5.24. The number of rotatable bonds is 4. The Bertz CT molecular complexity index is 572. The molecule has 2 rings (SSSR count). The van der Waals surface area contributed by atoms with Crippen molar-refractivity contribution in [3.05, 3.63) is 29.3 Å². The van der Waals surface area contributed by atoms with Gasteiger partial charge in [-0.3, -0.25) is 4.79 Å². The molecule has 1 atom stereocenters. The van der Waals surface area contributed by atoms with E-state index >= 15 is 0 Å². The summed E-state index contributed by atoms with van der Waals surface area (Å²) in [5.74, 6) is 7.33. The molecule has 1 aliphatic rings. The van der Waals surface area contributed by atoms with Gasteiger partial charge < -0.3 is 15.4 Å². The zero-order valence-corrected chi connectivity index (χ0v) is 12.7. The summed E-state index contributed by atoms with van der Waals surface area (Å²) >= 11 is 0. The number of likely N-dealkylation sites (tertiary alicyclic amines) is 1. The van der Waals surface area contributed by atoms with E-state index < -0.39 is 0 Å². The minimum Gasteiger partial charge on any atom is -0.495 e. The van der Waals surface area contributed by atoms with Gasteiger partial charge in [-0.25, -0.2) is 0 Å². The van der Waals surface area contributed by atoms with Crippen LogP contribution in [0.2, 0.25) is 0 Å². The van der Waals surface area contributed by atoms with E-state index in [-0.39, 0.29) is 5.91 Å². The topological polar surface area (TPSA) is 55.6 Å². The molecule has 1 aliphatic heterocycles. The molecule has 112 valence electrons. The lowest BCUT2D eigenvalue weighted by molar-refractivity contribution is -0.128. The number of methoxy groups -OCH3 is 1. The van der Waals surface area contributed by atoms with E-state index in [0.717, 1.165) is 29.8 Å². The van der Waals surface area contributed by atoms with Gasteiger partial charge in [0.05, 0.1) is 19.2 Å². The standard InChI is InChI=1S/C17H22N2O2/c1-3-13-10-17(20)19(11-13)12-14-6-7-16(21-2)15(9-14)5-4-8-18/h6-7,9,13H,3,8,10-12,18H2,1-2H3. The van der Waals surface area contributed by atoms with Gasteiger partial charge in [-0.15, -0.1) is 0 Å². The smallest absolute Gasteiger partial charge is 0.223 e. The van der Waals surface area contributed by atoms with Gasteiger partial charge in [0.25, 0.3) is 0 Å². The molecule has 0 aromatic heterocycles. The minimum atomic E-state index is 0.243. The quantitative estimate of drug-likeness (QED) is 0.858. The zero-order valence-electron chi connectivity index (χ0n) is 12.7. The number of nitrogens with zero attached hydrogens (tertiary/aromatic N) is 1. The van der Waals surface area contributed by atoms with E-state index in [4.69, 9.17) is 10.5 Å². The van der Waals surface area contributed by atoms with Gasteiger partial charge in [-0.05, 0) is 23.6 Å². The van der Waals surface area contributed by atoms with Gasteiger partial charge in [0, 0.05) is 19.5 Å². The van der Waals surface area contributed by atoms with Crippen LogP contribution in [-0.4, -0.2) is 31.0 Å². The van der Waals surface area contributed by atoms with Crippen molar-refractivity contribution in [1.29, 1.82) is 0 Å². The van der Waals surface area contributed by atoms with E-state index in [1.807, 2.05) is 23.1 Å². The van der Waals surface area contributed by atoms with Crippen LogP contribution >= 0.6 is 0 Å². The molecule has 1 amide bonds. The van der Waals surface area contributed by atoms with E-state index in [2.05, 4.69) is 18.8 Å². The van der Waals surface area contributed by atoms with Crippen LogP contribution in [0.1, 0.15) is 30.9 Å². The normalized spacial score (nSPS) is 17.6. The van der Waals surface area contributed by atoms with Crippen molar-refractivity contribution in [3.8, 4) is 17.6 Å². The number of hydrogen-bond acceptors (Lipinski definition) is 3. The molecule has 0 radical (unpaired) electrons. The summed E-state index contributed by atoms with van der Waals surface area (Å²) in [5.41, 5.74) is 7.31. The second-order valence-corrected chi connectivity index (χ2v) is 5.29. The number of benzene rings is 1. The molecule has 0 saturated carbocycles. The van der Waals surface area contributed by atoms with Crippen LogP contribution in [0.25, 0.3) is 0 Å². The zero-order chi connectivity index (χ0) is 15.2. The lowest BCUT2D eigenvalue weighted by Crippen LogP contribution is -2.24. The van der Waals surface area contributed by atoms with Gasteiger partial charge in [0.15, 0.2) is 0 Å². The van der Waals surface area contributed by atoms with Crippen molar-refractivity contribution in [2.24, 2.45) is 11.7 Å². The highest BCUT2D eigenvalue weighted by molar-refractivity contribution is 5.78. The number of nitrogens with two attached hydrogens (primary N) is 1. The molecule has 1 unspecified atom stereocenters. The number of amides is 1. The third-order valence-corrected chi connectivity index (χ3v) is 3.83. The third-order valence-electron chi connectivity index (χ3n) is 3.83. The Morgan fingerprint density at radius 3 is 2.90 bits per heavy atom. The van der Waals surface area contributed by atoms with Crippen LogP contribution in [0, 0.1) is 17.8 Å². The van der Waals surface area contributed by atoms with Crippen LogP contribution in [-0.2, 0) is 11.3 Å². The van der Waals surface area contributed by atoms with E-state index in [1.54, 1.807) is 7.11 Å². The summed E-state index contributed by atoms with van der Waals surface area (Å²) in [6.45, 7) is 3.94. The van der Waals surface area contributed by atoms with Gasteiger partial charge >= 0.3 is 0 Å². The largest absolute Gasteiger partial charge is 0.495 e. The SMILES string of the molecule is CCC1CC(=O)N(Cc2ccc(OC)c(C#CCN)c2)C1. The number of ether oxygens (including phenoxy) is 1. The second-order valence-electron chi connectivity index (χ2n) is 5.29. The van der Waals surface area contributed by atoms with Crippen LogP contribution in [0.5, 0.6) is 5.75 Å². The monoisotopic (exact) mass is 286 g/mol. The number of carbonyl (C=O) groups excluding carboxylic acids is 1. The fourth-order valence-corrected chi connectivity index (χ4v) is 2.60. The van der Waals surface area contributed by atoms with Gasteiger partial charge in [-0.2, -0.15) is 0 Å². The van der Waals surface area contributed by atoms with Crippen LogP contribution in [0.4, 0.5) is 0 Å². The van der Waals surface area contributed by atoms with Crippen LogP contribution < -0.4 is 10.5 Å². The van der Waals surface area contributed by atoms with Crippen molar-refractivity contribution < 1.29 is 9.53 Å². The number of hydrogen-bond donors (Lipinski definition) is 1. The first-order chi connectivity index (χ1) is 10.2. The molecule has 0 bridgehead atoms. The predicted molar refractivity (Wildman–Crippen MR) is 82.7 cm³/mol. The molecule has 1 aromatic rings. The van der Waals surface area contributed by atoms with Gasteiger partial charge in [-0.1, -0.05) is 31.3 Å². The van der Waals surface area contributed by atoms with E-state index in [0.29, 0.717) is 25.4 Å². The molecule has 1 heterocycles. The fourth-order valence-electron chi connectivity index (χ4n) is 2.60. The Balaban J connectivity index is 2.15. The average Bonchev–Trinajstić information content (AvgIpc) is 2.85. The first-order valence-corrected chi connectivity index (χ1v) is 7.31. The van der Waals surface area contributed by atoms with E-state index in [1.165, 1.54) is 0 Å². The Morgan fingerprint density at radius 1 is 1.48 bits per heavy atom. The summed E-state index contributed by atoms with van der Waals surface area (Å²) in [6, 6.07) is 5.86. The summed E-state index contributed by atoms with van der Waals surface area (Å²) in [6.07, 6.45) is 1.73. The molecule has 0 aliphatic carbocycles. The average molecular weight is 286 g/mol. The molecule has 2 N–H and O–H groups in total. The van der Waals surface area contributed by atoms with Crippen molar-refractivity contribution in [1.82, 2.24) is 4.90 Å². The van der Waals surface area contributed by atoms with Crippen LogP contribution in [0.15, 0.2) is 18.2 Å². The molecule has 1 fully saturated rings. The Morgan fingerprint density at radius 2 is 2.29 bits per heavy atom. The lowest BCUT2D eigenvalue weighted by atomic mass is 10.1. The van der Waals surface area contributed by atoms with Crippen molar-refractivity contribution >= 4 is 5.91 Å². The van der Waals surface area contributed by atoms with Crippen molar-refractivity contribution in [3.63, 3.8) is 0 Å². The maximum absolute atomic E-state index is 12.0. The summed E-state index contributed by atoms with van der Waals surface area (Å²) in [5, 5.41) is 0. The second kappa shape index (κ2) is 7.14. The first-order valence-electron chi connectivity index (χ1n) is 7.31. The highest BCUT2D eigenvalue weighted by Crippen LogP contribution is 2.24. The summed E-state index contributed by atoms with van der Waals surface area (Å²) < 4.78 is 5.30. The van der Waals surface area contributed by atoms with Gasteiger partial charge in [0.2, 0.25) is 5.91 Å². The molecule has 1 aromatic carbocycles. The molecule has 4 heteroatoms. The molecule has 21 heavy (non-hydrogen) atoms. The molecular weight excluding hydrogens is 264 g/mol. The molecular formula is C17H22N2O2. The van der Waals surface area contributed by atoms with Crippen LogP contribution in [0.3, 0.4) is 0 Å².